The van der Waals surface area contributed by atoms with Crippen molar-refractivity contribution < 1.29 is 0 Å². The second kappa shape index (κ2) is 11.8. The van der Waals surface area contributed by atoms with Crippen molar-refractivity contribution in [2.45, 2.75) is 80.1 Å². The first kappa shape index (κ1) is 25.5. The summed E-state index contributed by atoms with van der Waals surface area (Å²) in [5, 5.41) is 4.66. The molecule has 0 aromatic heterocycles. The molecule has 3 aromatic rings. The van der Waals surface area contributed by atoms with E-state index in [9.17, 15) is 0 Å². The van der Waals surface area contributed by atoms with Crippen molar-refractivity contribution in [3.8, 4) is 0 Å². The Bertz CT molecular complexity index is 974. The summed E-state index contributed by atoms with van der Waals surface area (Å²) in [6.45, 7) is 17.8. The molecule has 0 amide bonds. The van der Waals surface area contributed by atoms with Crippen molar-refractivity contribution in [1.82, 2.24) is 0 Å². The SMILES string of the molecule is C=Cc1ccc(P(c2c(CC)cc(CC)cc2CC)c2c(CC)cc(CC)cc2CC)cc1. The van der Waals surface area contributed by atoms with Gasteiger partial charge in [0.05, 0.1) is 0 Å². The Kier molecular flexibility index (Phi) is 9.10. The molecule has 0 aliphatic rings. The summed E-state index contributed by atoms with van der Waals surface area (Å²) in [5.41, 5.74) is 10.3. The fourth-order valence-electron chi connectivity index (χ4n) is 4.85. The predicted octanol–water partition coefficient (Wildman–Crippen LogP) is 7.46. The Balaban J connectivity index is 2.43. The molecule has 0 aliphatic carbocycles. The summed E-state index contributed by atoms with van der Waals surface area (Å²) in [4.78, 5) is 0. The molecule has 33 heavy (non-hydrogen) atoms. The van der Waals surface area contributed by atoms with E-state index >= 15 is 0 Å². The van der Waals surface area contributed by atoms with E-state index in [1.54, 1.807) is 10.6 Å². The van der Waals surface area contributed by atoms with Gasteiger partial charge in [0.15, 0.2) is 0 Å². The topological polar surface area (TPSA) is 0 Å². The van der Waals surface area contributed by atoms with E-state index in [-0.39, 0.29) is 0 Å². The summed E-state index contributed by atoms with van der Waals surface area (Å²) in [6, 6.07) is 19.2. The minimum Gasteiger partial charge on any atom is -0.0985 e. The van der Waals surface area contributed by atoms with Crippen molar-refractivity contribution in [2.75, 3.05) is 0 Å². The molecule has 0 unspecified atom stereocenters. The first-order valence-corrected chi connectivity index (χ1v) is 14.2. The Morgan fingerprint density at radius 3 is 1.21 bits per heavy atom. The highest BCUT2D eigenvalue weighted by Crippen LogP contribution is 2.40. The van der Waals surface area contributed by atoms with Gasteiger partial charge in [-0.15, -0.1) is 0 Å². The standard InChI is InChI=1S/C32H41P/c1-8-23-15-17-30(18-16-23)33(31-26(11-4)19-24(9-2)20-27(31)12-5)32-28(13-6)21-25(10-3)22-29(32)14-7/h8,15-22H,1,9-14H2,2-7H3. The molecule has 3 rings (SSSR count). The highest BCUT2D eigenvalue weighted by atomic mass is 31.1. The molecule has 0 atom stereocenters. The van der Waals surface area contributed by atoms with Gasteiger partial charge in [-0.3, -0.25) is 0 Å². The first-order chi connectivity index (χ1) is 16.0. The van der Waals surface area contributed by atoms with Gasteiger partial charge >= 0.3 is 0 Å². The van der Waals surface area contributed by atoms with Gasteiger partial charge in [-0.2, -0.15) is 0 Å². The third-order valence-corrected chi connectivity index (χ3v) is 9.69. The van der Waals surface area contributed by atoms with Crippen LogP contribution in [0.2, 0.25) is 0 Å². The average Bonchev–Trinajstić information content (AvgIpc) is 2.88. The van der Waals surface area contributed by atoms with Crippen LogP contribution in [0.4, 0.5) is 0 Å². The summed E-state index contributed by atoms with van der Waals surface area (Å²) in [7, 11) is -0.639. The molecule has 3 aromatic carbocycles. The second-order valence-electron chi connectivity index (χ2n) is 8.78. The number of rotatable bonds is 10. The van der Waals surface area contributed by atoms with Gasteiger partial charge in [0.2, 0.25) is 0 Å². The molecule has 0 bridgehead atoms. The fraction of sp³-hybridized carbons (Fsp3) is 0.375. The van der Waals surface area contributed by atoms with E-state index in [1.165, 1.54) is 44.2 Å². The number of aryl methyl sites for hydroxylation is 6. The summed E-state index contributed by atoms with van der Waals surface area (Å²) in [5.74, 6) is 0. The largest absolute Gasteiger partial charge is 0.0985 e. The van der Waals surface area contributed by atoms with Gasteiger partial charge in [0, 0.05) is 0 Å². The summed E-state index contributed by atoms with van der Waals surface area (Å²) < 4.78 is 0. The van der Waals surface area contributed by atoms with E-state index in [1.807, 2.05) is 6.08 Å². The minimum atomic E-state index is -0.639. The summed E-state index contributed by atoms with van der Waals surface area (Å²) in [6.07, 6.45) is 8.45. The predicted molar refractivity (Wildman–Crippen MR) is 152 cm³/mol. The molecule has 0 aliphatic heterocycles. The molecule has 174 valence electrons. The van der Waals surface area contributed by atoms with Gasteiger partial charge in [0.25, 0.3) is 0 Å². The quantitative estimate of drug-likeness (QED) is 0.278. The molecular formula is C32H41P. The minimum absolute atomic E-state index is 0.639. The summed E-state index contributed by atoms with van der Waals surface area (Å²) >= 11 is 0. The molecule has 1 heteroatoms. The van der Waals surface area contributed by atoms with Gasteiger partial charge in [0.1, 0.15) is 0 Å². The number of hydrogen-bond donors (Lipinski definition) is 0. The molecule has 0 radical (unpaired) electrons. The fourth-order valence-corrected chi connectivity index (χ4v) is 8.08. The Morgan fingerprint density at radius 1 is 0.576 bits per heavy atom. The zero-order chi connectivity index (χ0) is 24.0. The third-order valence-electron chi connectivity index (χ3n) is 6.83. The normalized spacial score (nSPS) is 11.2. The zero-order valence-corrected chi connectivity index (χ0v) is 22.5. The van der Waals surface area contributed by atoms with Gasteiger partial charge in [-0.1, -0.05) is 103 Å². The average molecular weight is 457 g/mol. The lowest BCUT2D eigenvalue weighted by Crippen LogP contribution is -2.30. The van der Waals surface area contributed by atoms with E-state index in [0.29, 0.717) is 0 Å². The van der Waals surface area contributed by atoms with Crippen LogP contribution < -0.4 is 15.9 Å². The monoisotopic (exact) mass is 456 g/mol. The van der Waals surface area contributed by atoms with Crippen molar-refractivity contribution in [2.24, 2.45) is 0 Å². The van der Waals surface area contributed by atoms with Crippen LogP contribution in [0.5, 0.6) is 0 Å². The van der Waals surface area contributed by atoms with Gasteiger partial charge < -0.3 is 0 Å². The maximum atomic E-state index is 3.97. The maximum Gasteiger partial charge on any atom is -0.00868 e. The van der Waals surface area contributed by atoms with Crippen molar-refractivity contribution in [3.63, 3.8) is 0 Å². The van der Waals surface area contributed by atoms with Crippen LogP contribution in [0, 0.1) is 0 Å². The van der Waals surface area contributed by atoms with Crippen LogP contribution in [0.25, 0.3) is 6.08 Å². The Labute approximate surface area is 203 Å². The highest BCUT2D eigenvalue weighted by molar-refractivity contribution is 7.80. The smallest absolute Gasteiger partial charge is 0.00868 e. The zero-order valence-electron chi connectivity index (χ0n) is 21.6. The van der Waals surface area contributed by atoms with Crippen molar-refractivity contribution >= 4 is 29.9 Å². The third kappa shape index (κ3) is 5.33. The molecule has 0 nitrogen and oxygen atoms in total. The van der Waals surface area contributed by atoms with Crippen LogP contribution in [0.15, 0.2) is 55.1 Å². The van der Waals surface area contributed by atoms with Crippen LogP contribution in [-0.4, -0.2) is 0 Å². The maximum absolute atomic E-state index is 3.97. The molecule has 0 saturated carbocycles. The highest BCUT2D eigenvalue weighted by Gasteiger charge is 2.26. The number of hydrogen-bond acceptors (Lipinski definition) is 0. The van der Waals surface area contributed by atoms with E-state index in [2.05, 4.69) is 96.7 Å². The molecule has 0 heterocycles. The van der Waals surface area contributed by atoms with Gasteiger partial charge in [-0.05, 0) is 101 Å². The van der Waals surface area contributed by atoms with E-state index in [4.69, 9.17) is 0 Å². The van der Waals surface area contributed by atoms with Crippen molar-refractivity contribution in [3.05, 3.63) is 94.1 Å². The lowest BCUT2D eigenvalue weighted by Gasteiger charge is -2.30. The molecule has 0 N–H and O–H groups in total. The first-order valence-electron chi connectivity index (χ1n) is 12.9. The van der Waals surface area contributed by atoms with E-state index in [0.717, 1.165) is 38.5 Å². The molecular weight excluding hydrogens is 415 g/mol. The van der Waals surface area contributed by atoms with Gasteiger partial charge in [-0.25, -0.2) is 0 Å². The second-order valence-corrected chi connectivity index (χ2v) is 10.9. The number of benzene rings is 3. The Hall–Kier alpha value is -2.17. The van der Waals surface area contributed by atoms with Crippen LogP contribution in [-0.2, 0) is 38.5 Å². The van der Waals surface area contributed by atoms with Crippen LogP contribution in [0.1, 0.15) is 80.5 Å². The Morgan fingerprint density at radius 2 is 0.939 bits per heavy atom. The molecule has 0 saturated heterocycles. The van der Waals surface area contributed by atoms with E-state index < -0.39 is 7.92 Å². The lowest BCUT2D eigenvalue weighted by molar-refractivity contribution is 1.05. The molecule has 0 fully saturated rings. The van der Waals surface area contributed by atoms with Crippen molar-refractivity contribution in [1.29, 1.82) is 0 Å². The van der Waals surface area contributed by atoms with Crippen LogP contribution in [0.3, 0.4) is 0 Å². The molecule has 0 spiro atoms. The lowest BCUT2D eigenvalue weighted by atomic mass is 10.0. The van der Waals surface area contributed by atoms with Crippen LogP contribution >= 0.6 is 7.92 Å².